The molecule has 0 heterocycles. The zero-order valence-corrected chi connectivity index (χ0v) is 11.4. The molecule has 2 aromatic rings. The van der Waals surface area contributed by atoms with Crippen molar-refractivity contribution < 1.29 is 9.53 Å². The van der Waals surface area contributed by atoms with Crippen molar-refractivity contribution >= 4 is 28.5 Å². The van der Waals surface area contributed by atoms with E-state index in [9.17, 15) is 4.79 Å². The summed E-state index contributed by atoms with van der Waals surface area (Å²) in [5, 5.41) is 2.48. The molecule has 0 radical (unpaired) electrons. The molecule has 0 saturated carbocycles. The molecule has 0 amide bonds. The lowest BCUT2D eigenvalue weighted by molar-refractivity contribution is -0.144. The fourth-order valence-corrected chi connectivity index (χ4v) is 2.66. The standard InChI is InChI=1S/C15H16O2S/c1-11(17-12(2)16)10-18-15-8-7-13-5-3-4-6-14(13)9-15/h3-9,11H,10H2,1-2H3/t11-/m1/s1. The van der Waals surface area contributed by atoms with Crippen LogP contribution in [0.25, 0.3) is 10.8 Å². The first-order valence-electron chi connectivity index (χ1n) is 5.94. The van der Waals surface area contributed by atoms with Gasteiger partial charge in [0.1, 0.15) is 6.10 Å². The molecule has 0 spiro atoms. The first-order chi connectivity index (χ1) is 8.65. The van der Waals surface area contributed by atoms with Gasteiger partial charge in [0.25, 0.3) is 0 Å². The topological polar surface area (TPSA) is 26.3 Å². The van der Waals surface area contributed by atoms with E-state index in [0.717, 1.165) is 5.75 Å². The number of hydrogen-bond donors (Lipinski definition) is 0. The molecule has 18 heavy (non-hydrogen) atoms. The first kappa shape index (κ1) is 13.0. The highest BCUT2D eigenvalue weighted by atomic mass is 32.2. The highest BCUT2D eigenvalue weighted by Gasteiger charge is 2.06. The zero-order valence-electron chi connectivity index (χ0n) is 10.6. The molecule has 0 aliphatic rings. The summed E-state index contributed by atoms with van der Waals surface area (Å²) < 4.78 is 5.10. The molecule has 3 heteroatoms. The number of benzene rings is 2. The fourth-order valence-electron chi connectivity index (χ4n) is 1.79. The van der Waals surface area contributed by atoms with Crippen LogP contribution >= 0.6 is 11.8 Å². The molecule has 0 N–H and O–H groups in total. The molecule has 94 valence electrons. The summed E-state index contributed by atoms with van der Waals surface area (Å²) in [5.41, 5.74) is 0. The minimum absolute atomic E-state index is 0.0565. The molecule has 0 unspecified atom stereocenters. The number of ether oxygens (including phenoxy) is 1. The maximum absolute atomic E-state index is 10.8. The minimum atomic E-state index is -0.221. The van der Waals surface area contributed by atoms with E-state index in [1.807, 2.05) is 19.1 Å². The Hall–Kier alpha value is -1.48. The Morgan fingerprint density at radius 2 is 1.94 bits per heavy atom. The first-order valence-corrected chi connectivity index (χ1v) is 6.92. The quantitative estimate of drug-likeness (QED) is 0.616. The SMILES string of the molecule is CC(=O)O[C@H](C)CSc1ccc2ccccc2c1. The summed E-state index contributed by atoms with van der Waals surface area (Å²) in [6, 6.07) is 14.7. The van der Waals surface area contributed by atoms with Crippen LogP contribution in [0.5, 0.6) is 0 Å². The van der Waals surface area contributed by atoms with Gasteiger partial charge in [-0.3, -0.25) is 4.79 Å². The Kier molecular flexibility index (Phi) is 4.26. The average molecular weight is 260 g/mol. The molecule has 0 fully saturated rings. The summed E-state index contributed by atoms with van der Waals surface area (Å²) >= 11 is 1.71. The largest absolute Gasteiger partial charge is 0.462 e. The van der Waals surface area contributed by atoms with E-state index in [2.05, 4.69) is 30.3 Å². The van der Waals surface area contributed by atoms with Crippen molar-refractivity contribution in [1.29, 1.82) is 0 Å². The van der Waals surface area contributed by atoms with Gasteiger partial charge in [-0.2, -0.15) is 0 Å². The molecule has 0 aliphatic heterocycles. The maximum atomic E-state index is 10.8. The molecule has 0 aromatic heterocycles. The van der Waals surface area contributed by atoms with Gasteiger partial charge < -0.3 is 4.74 Å². The third kappa shape index (κ3) is 3.50. The average Bonchev–Trinajstić information content (AvgIpc) is 2.35. The second-order valence-corrected chi connectivity index (χ2v) is 5.33. The van der Waals surface area contributed by atoms with Crippen molar-refractivity contribution in [2.45, 2.75) is 24.8 Å². The van der Waals surface area contributed by atoms with Crippen molar-refractivity contribution in [3.63, 3.8) is 0 Å². The van der Waals surface area contributed by atoms with Gasteiger partial charge in [0.2, 0.25) is 0 Å². The summed E-state index contributed by atoms with van der Waals surface area (Å²) in [7, 11) is 0. The number of esters is 1. The number of rotatable bonds is 4. The van der Waals surface area contributed by atoms with E-state index in [1.165, 1.54) is 22.6 Å². The van der Waals surface area contributed by atoms with Gasteiger partial charge in [-0.15, -0.1) is 11.8 Å². The van der Waals surface area contributed by atoms with E-state index in [-0.39, 0.29) is 12.1 Å². The van der Waals surface area contributed by atoms with Gasteiger partial charge in [0.05, 0.1) is 0 Å². The van der Waals surface area contributed by atoms with Crippen LogP contribution < -0.4 is 0 Å². The molecular formula is C15H16O2S. The molecule has 0 bridgehead atoms. The lowest BCUT2D eigenvalue weighted by Gasteiger charge is -2.11. The molecular weight excluding hydrogens is 244 g/mol. The van der Waals surface area contributed by atoms with Crippen molar-refractivity contribution in [2.75, 3.05) is 5.75 Å². The van der Waals surface area contributed by atoms with Gasteiger partial charge in [0, 0.05) is 17.6 Å². The van der Waals surface area contributed by atoms with Crippen LogP contribution in [-0.2, 0) is 9.53 Å². The van der Waals surface area contributed by atoms with E-state index in [1.54, 1.807) is 11.8 Å². The second-order valence-electron chi connectivity index (χ2n) is 4.24. The highest BCUT2D eigenvalue weighted by Crippen LogP contribution is 2.24. The summed E-state index contributed by atoms with van der Waals surface area (Å²) in [5.74, 6) is 0.555. The van der Waals surface area contributed by atoms with E-state index < -0.39 is 0 Å². The molecule has 1 atom stereocenters. The normalized spacial score (nSPS) is 12.3. The van der Waals surface area contributed by atoms with Gasteiger partial charge in [-0.25, -0.2) is 0 Å². The van der Waals surface area contributed by atoms with Crippen LogP contribution in [0.1, 0.15) is 13.8 Å². The van der Waals surface area contributed by atoms with Crippen molar-refractivity contribution in [2.24, 2.45) is 0 Å². The van der Waals surface area contributed by atoms with Crippen molar-refractivity contribution in [3.8, 4) is 0 Å². The van der Waals surface area contributed by atoms with Crippen LogP contribution in [0.2, 0.25) is 0 Å². The number of thioether (sulfide) groups is 1. The summed E-state index contributed by atoms with van der Waals surface area (Å²) in [4.78, 5) is 12.0. The molecule has 2 nitrogen and oxygen atoms in total. The third-order valence-corrected chi connectivity index (χ3v) is 3.80. The van der Waals surface area contributed by atoms with Crippen LogP contribution in [-0.4, -0.2) is 17.8 Å². The predicted octanol–water partition coefficient (Wildman–Crippen LogP) is 3.88. The van der Waals surface area contributed by atoms with Crippen molar-refractivity contribution in [3.05, 3.63) is 42.5 Å². The zero-order chi connectivity index (χ0) is 13.0. The molecule has 0 aliphatic carbocycles. The van der Waals surface area contributed by atoms with E-state index in [0.29, 0.717) is 0 Å². The van der Waals surface area contributed by atoms with E-state index >= 15 is 0 Å². The highest BCUT2D eigenvalue weighted by molar-refractivity contribution is 7.99. The second kappa shape index (κ2) is 5.91. The maximum Gasteiger partial charge on any atom is 0.302 e. The smallest absolute Gasteiger partial charge is 0.302 e. The molecule has 2 rings (SSSR count). The lowest BCUT2D eigenvalue weighted by Crippen LogP contribution is -2.14. The number of carbonyl (C=O) groups is 1. The molecule has 0 saturated heterocycles. The molecule has 2 aromatic carbocycles. The van der Waals surface area contributed by atoms with Gasteiger partial charge in [-0.1, -0.05) is 30.3 Å². The van der Waals surface area contributed by atoms with Crippen LogP contribution in [0.15, 0.2) is 47.4 Å². The van der Waals surface area contributed by atoms with Gasteiger partial charge in [-0.05, 0) is 29.8 Å². The van der Waals surface area contributed by atoms with Crippen molar-refractivity contribution in [1.82, 2.24) is 0 Å². The lowest BCUT2D eigenvalue weighted by atomic mass is 10.1. The predicted molar refractivity (Wildman–Crippen MR) is 75.9 cm³/mol. The summed E-state index contributed by atoms with van der Waals surface area (Å²) in [6.07, 6.45) is -0.0565. The Labute approximate surface area is 111 Å². The third-order valence-electron chi connectivity index (χ3n) is 2.57. The summed E-state index contributed by atoms with van der Waals surface area (Å²) in [6.45, 7) is 3.35. The number of carbonyl (C=O) groups excluding carboxylic acids is 1. The van der Waals surface area contributed by atoms with Crippen LogP contribution in [0, 0.1) is 0 Å². The Morgan fingerprint density at radius 3 is 2.67 bits per heavy atom. The number of hydrogen-bond acceptors (Lipinski definition) is 3. The number of fused-ring (bicyclic) bond motifs is 1. The van der Waals surface area contributed by atoms with Crippen LogP contribution in [0.3, 0.4) is 0 Å². The monoisotopic (exact) mass is 260 g/mol. The van der Waals surface area contributed by atoms with Gasteiger partial charge in [0.15, 0.2) is 0 Å². The van der Waals surface area contributed by atoms with Crippen LogP contribution in [0.4, 0.5) is 0 Å². The Bertz CT molecular complexity index is 551. The Morgan fingerprint density at radius 1 is 1.22 bits per heavy atom. The Balaban J connectivity index is 2.01. The fraction of sp³-hybridized carbons (Fsp3) is 0.267. The van der Waals surface area contributed by atoms with E-state index in [4.69, 9.17) is 4.74 Å². The minimum Gasteiger partial charge on any atom is -0.462 e. The van der Waals surface area contributed by atoms with Gasteiger partial charge >= 0.3 is 5.97 Å².